The fourth-order valence-corrected chi connectivity index (χ4v) is 1.31. The van der Waals surface area contributed by atoms with E-state index in [2.05, 4.69) is 6.58 Å². The van der Waals surface area contributed by atoms with Crippen LogP contribution in [-0.2, 0) is 4.74 Å². The summed E-state index contributed by atoms with van der Waals surface area (Å²) in [6, 6.07) is 0. The van der Waals surface area contributed by atoms with Gasteiger partial charge in [0.25, 0.3) is 0 Å². The lowest BCUT2D eigenvalue weighted by molar-refractivity contribution is 0.0573. The highest BCUT2D eigenvalue weighted by Crippen LogP contribution is 2.21. The summed E-state index contributed by atoms with van der Waals surface area (Å²) in [7, 11) is 0. The molecule has 2 nitrogen and oxygen atoms in total. The summed E-state index contributed by atoms with van der Waals surface area (Å²) in [5.41, 5.74) is 0. The highest BCUT2D eigenvalue weighted by molar-refractivity contribution is 4.79. The molecule has 10 heavy (non-hydrogen) atoms. The molecule has 0 aromatic heterocycles. The lowest BCUT2D eigenvalue weighted by Gasteiger charge is -2.02. The maximum atomic E-state index is 8.70. The van der Waals surface area contributed by atoms with Crippen LogP contribution < -0.4 is 0 Å². The van der Waals surface area contributed by atoms with Gasteiger partial charge in [0.15, 0.2) is 0 Å². The monoisotopic (exact) mass is 142 g/mol. The Kier molecular flexibility index (Phi) is 2.90. The minimum atomic E-state index is 0.0879. The van der Waals surface area contributed by atoms with Gasteiger partial charge in [0.05, 0.1) is 19.3 Å². The van der Waals surface area contributed by atoms with Crippen molar-refractivity contribution in [2.45, 2.75) is 18.9 Å². The molecule has 1 rings (SSSR count). The molecule has 1 N–H and O–H groups in total. The minimum Gasteiger partial charge on any atom is -0.394 e. The Bertz CT molecular complexity index is 112. The molecule has 1 fully saturated rings. The molecule has 2 atom stereocenters. The maximum absolute atomic E-state index is 8.70. The summed E-state index contributed by atoms with van der Waals surface area (Å²) < 4.78 is 5.27. The van der Waals surface area contributed by atoms with Crippen molar-refractivity contribution in [3.05, 3.63) is 12.7 Å². The van der Waals surface area contributed by atoms with Gasteiger partial charge >= 0.3 is 0 Å². The van der Waals surface area contributed by atoms with Crippen molar-refractivity contribution in [1.29, 1.82) is 0 Å². The molecule has 0 aromatic carbocycles. The van der Waals surface area contributed by atoms with E-state index in [4.69, 9.17) is 9.84 Å². The van der Waals surface area contributed by atoms with Crippen molar-refractivity contribution in [2.24, 2.45) is 5.92 Å². The summed E-state index contributed by atoms with van der Waals surface area (Å²) in [5, 5.41) is 8.70. The van der Waals surface area contributed by atoms with Crippen LogP contribution in [0.5, 0.6) is 0 Å². The van der Waals surface area contributed by atoms with E-state index < -0.39 is 0 Å². The summed E-state index contributed by atoms with van der Waals surface area (Å²) in [5.74, 6) is 0.592. The van der Waals surface area contributed by atoms with Crippen molar-refractivity contribution >= 4 is 0 Å². The van der Waals surface area contributed by atoms with E-state index in [0.717, 1.165) is 19.4 Å². The van der Waals surface area contributed by atoms with Crippen LogP contribution in [0.1, 0.15) is 12.8 Å². The summed E-state index contributed by atoms with van der Waals surface area (Å²) in [6.07, 6.45) is 4.00. The number of hydrogen-bond acceptors (Lipinski definition) is 2. The molecule has 0 spiro atoms. The van der Waals surface area contributed by atoms with E-state index in [9.17, 15) is 0 Å². The van der Waals surface area contributed by atoms with Gasteiger partial charge in [-0.3, -0.25) is 0 Å². The smallest absolute Gasteiger partial charge is 0.0809 e. The number of ether oxygens (including phenoxy) is 1. The Morgan fingerprint density at radius 3 is 3.00 bits per heavy atom. The number of hydrogen-bond donors (Lipinski definition) is 1. The Balaban J connectivity index is 2.21. The van der Waals surface area contributed by atoms with Crippen molar-refractivity contribution < 1.29 is 9.84 Å². The third-order valence-electron chi connectivity index (χ3n) is 1.87. The molecule has 0 bridgehead atoms. The van der Waals surface area contributed by atoms with Crippen LogP contribution in [-0.4, -0.2) is 24.4 Å². The molecular weight excluding hydrogens is 128 g/mol. The maximum Gasteiger partial charge on any atom is 0.0809 e. The molecular formula is C8H14O2. The quantitative estimate of drug-likeness (QED) is 0.595. The number of aliphatic hydroxyl groups is 1. The zero-order chi connectivity index (χ0) is 7.40. The van der Waals surface area contributed by atoms with Gasteiger partial charge in [-0.2, -0.15) is 0 Å². The molecule has 2 heteroatoms. The van der Waals surface area contributed by atoms with Crippen molar-refractivity contribution in [1.82, 2.24) is 0 Å². The molecule has 2 unspecified atom stereocenters. The molecule has 0 radical (unpaired) electrons. The molecule has 1 aliphatic heterocycles. The Hall–Kier alpha value is -0.340. The van der Waals surface area contributed by atoms with Crippen LogP contribution in [0.3, 0.4) is 0 Å². The molecule has 58 valence electrons. The molecule has 0 aromatic rings. The number of aliphatic hydroxyl groups excluding tert-OH is 1. The van der Waals surface area contributed by atoms with Crippen molar-refractivity contribution in [2.75, 3.05) is 13.2 Å². The topological polar surface area (TPSA) is 29.5 Å². The highest BCUT2D eigenvalue weighted by atomic mass is 16.5. The summed E-state index contributed by atoms with van der Waals surface area (Å²) in [4.78, 5) is 0. The van der Waals surface area contributed by atoms with Crippen LogP contribution >= 0.6 is 0 Å². The van der Waals surface area contributed by atoms with E-state index in [1.165, 1.54) is 0 Å². The van der Waals surface area contributed by atoms with Gasteiger partial charge in [-0.15, -0.1) is 6.58 Å². The number of allylic oxidation sites excluding steroid dienone is 1. The minimum absolute atomic E-state index is 0.0879. The van der Waals surface area contributed by atoms with E-state index in [-0.39, 0.29) is 12.7 Å². The lowest BCUT2D eigenvalue weighted by Crippen LogP contribution is -2.09. The highest BCUT2D eigenvalue weighted by Gasteiger charge is 2.23. The van der Waals surface area contributed by atoms with Crippen LogP contribution in [0.4, 0.5) is 0 Å². The Morgan fingerprint density at radius 1 is 1.70 bits per heavy atom. The SMILES string of the molecule is C=CCC1COC(CO)C1. The fourth-order valence-electron chi connectivity index (χ4n) is 1.31. The van der Waals surface area contributed by atoms with Crippen molar-refractivity contribution in [3.63, 3.8) is 0 Å². The van der Waals surface area contributed by atoms with E-state index >= 15 is 0 Å². The van der Waals surface area contributed by atoms with Gasteiger partial charge in [-0.25, -0.2) is 0 Å². The van der Waals surface area contributed by atoms with Crippen LogP contribution in [0, 0.1) is 5.92 Å². The van der Waals surface area contributed by atoms with Crippen LogP contribution in [0.15, 0.2) is 12.7 Å². The first-order valence-corrected chi connectivity index (χ1v) is 3.70. The molecule has 0 aliphatic carbocycles. The zero-order valence-electron chi connectivity index (χ0n) is 6.12. The van der Waals surface area contributed by atoms with Gasteiger partial charge in [-0.05, 0) is 18.8 Å². The average molecular weight is 142 g/mol. The lowest BCUT2D eigenvalue weighted by atomic mass is 10.0. The van der Waals surface area contributed by atoms with E-state index in [0.29, 0.717) is 5.92 Å². The third kappa shape index (κ3) is 1.82. The molecule has 1 heterocycles. The van der Waals surface area contributed by atoms with Gasteiger partial charge in [-0.1, -0.05) is 6.08 Å². The first kappa shape index (κ1) is 7.76. The summed E-state index contributed by atoms with van der Waals surface area (Å²) >= 11 is 0. The van der Waals surface area contributed by atoms with Gasteiger partial charge < -0.3 is 9.84 Å². The average Bonchev–Trinajstić information content (AvgIpc) is 2.37. The predicted molar refractivity (Wildman–Crippen MR) is 39.7 cm³/mol. The van der Waals surface area contributed by atoms with Gasteiger partial charge in [0, 0.05) is 0 Å². The first-order chi connectivity index (χ1) is 4.86. The summed E-state index contributed by atoms with van der Waals surface area (Å²) in [6.45, 7) is 4.61. The second kappa shape index (κ2) is 3.74. The second-order valence-corrected chi connectivity index (χ2v) is 2.76. The van der Waals surface area contributed by atoms with E-state index in [1.807, 2.05) is 6.08 Å². The predicted octanol–water partition coefficient (Wildman–Crippen LogP) is 0.960. The third-order valence-corrected chi connectivity index (χ3v) is 1.87. The molecule has 1 saturated heterocycles. The van der Waals surface area contributed by atoms with Gasteiger partial charge in [0.2, 0.25) is 0 Å². The number of rotatable bonds is 3. The standard InChI is InChI=1S/C8H14O2/c1-2-3-7-4-8(5-9)10-6-7/h2,7-9H,1,3-6H2. The van der Waals surface area contributed by atoms with Gasteiger partial charge in [0.1, 0.15) is 0 Å². The van der Waals surface area contributed by atoms with E-state index in [1.54, 1.807) is 0 Å². The zero-order valence-corrected chi connectivity index (χ0v) is 6.12. The molecule has 1 aliphatic rings. The first-order valence-electron chi connectivity index (χ1n) is 3.70. The largest absolute Gasteiger partial charge is 0.394 e. The normalized spacial score (nSPS) is 32.5. The Labute approximate surface area is 61.5 Å². The van der Waals surface area contributed by atoms with Crippen LogP contribution in [0.25, 0.3) is 0 Å². The van der Waals surface area contributed by atoms with Crippen molar-refractivity contribution in [3.8, 4) is 0 Å². The second-order valence-electron chi connectivity index (χ2n) is 2.76. The fraction of sp³-hybridized carbons (Fsp3) is 0.750. The molecule has 0 saturated carbocycles. The van der Waals surface area contributed by atoms with Crippen LogP contribution in [0.2, 0.25) is 0 Å². The Morgan fingerprint density at radius 2 is 2.50 bits per heavy atom. The molecule has 0 amide bonds.